The summed E-state index contributed by atoms with van der Waals surface area (Å²) in [6.07, 6.45) is 1.37. The van der Waals surface area contributed by atoms with Crippen LogP contribution in [0.5, 0.6) is 5.75 Å². The number of hydrogen-bond donors (Lipinski definition) is 0. The maximum Gasteiger partial charge on any atom is 0.236 e. The van der Waals surface area contributed by atoms with Crippen molar-refractivity contribution < 1.29 is 9.53 Å². The quantitative estimate of drug-likeness (QED) is 0.534. The zero-order valence-corrected chi connectivity index (χ0v) is 7.60. The minimum Gasteiger partial charge on any atom is -0.497 e. The van der Waals surface area contributed by atoms with E-state index in [0.29, 0.717) is 11.3 Å². The largest absolute Gasteiger partial charge is 0.497 e. The molecule has 0 spiro atoms. The van der Waals surface area contributed by atoms with E-state index in [1.165, 1.54) is 6.08 Å². The molecule has 1 aromatic rings. The molecule has 1 atom stereocenters. The average Bonchev–Trinajstić information content (AvgIpc) is 2.26. The highest BCUT2D eigenvalue weighted by molar-refractivity contribution is 5.38. The van der Waals surface area contributed by atoms with E-state index in [1.807, 2.05) is 6.07 Å². The van der Waals surface area contributed by atoms with Crippen molar-refractivity contribution in [2.24, 2.45) is 4.99 Å². The first-order chi connectivity index (χ1) is 6.81. The number of benzene rings is 1. The summed E-state index contributed by atoms with van der Waals surface area (Å²) in [5, 5.41) is 8.68. The van der Waals surface area contributed by atoms with Crippen molar-refractivity contribution in [2.45, 2.75) is 6.04 Å². The third-order valence-corrected chi connectivity index (χ3v) is 1.74. The first-order valence-electron chi connectivity index (χ1n) is 3.92. The number of isocyanates is 1. The molecule has 70 valence electrons. The van der Waals surface area contributed by atoms with Gasteiger partial charge in [-0.25, -0.2) is 4.79 Å². The molecule has 0 bridgehead atoms. The SMILES string of the molecule is COc1ccc(C(C#N)N=C=O)cc1. The topological polar surface area (TPSA) is 62.4 Å². The lowest BCUT2D eigenvalue weighted by Gasteiger charge is -2.03. The fraction of sp³-hybridized carbons (Fsp3) is 0.200. The molecule has 1 rings (SSSR count). The van der Waals surface area contributed by atoms with Crippen molar-refractivity contribution in [1.82, 2.24) is 0 Å². The highest BCUT2D eigenvalue weighted by atomic mass is 16.5. The molecule has 4 heteroatoms. The van der Waals surface area contributed by atoms with E-state index < -0.39 is 6.04 Å². The second-order valence-electron chi connectivity index (χ2n) is 2.53. The van der Waals surface area contributed by atoms with Crippen LogP contribution < -0.4 is 4.74 Å². The van der Waals surface area contributed by atoms with Gasteiger partial charge in [-0.15, -0.1) is 0 Å². The maximum absolute atomic E-state index is 10.0. The summed E-state index contributed by atoms with van der Waals surface area (Å²) in [6, 6.07) is 7.90. The second kappa shape index (κ2) is 4.80. The van der Waals surface area contributed by atoms with Gasteiger partial charge >= 0.3 is 0 Å². The maximum atomic E-state index is 10.0. The zero-order valence-electron chi connectivity index (χ0n) is 7.60. The van der Waals surface area contributed by atoms with Crippen molar-refractivity contribution in [3.05, 3.63) is 29.8 Å². The molecule has 14 heavy (non-hydrogen) atoms. The fourth-order valence-corrected chi connectivity index (χ4v) is 1.02. The molecule has 0 aliphatic rings. The van der Waals surface area contributed by atoms with Crippen LogP contribution in [0.1, 0.15) is 11.6 Å². The molecule has 0 aliphatic carbocycles. The van der Waals surface area contributed by atoms with Gasteiger partial charge in [-0.05, 0) is 17.7 Å². The van der Waals surface area contributed by atoms with Crippen LogP contribution in [0.4, 0.5) is 0 Å². The lowest BCUT2D eigenvalue weighted by molar-refractivity contribution is 0.414. The standard InChI is InChI=1S/C10H8N2O2/c1-14-9-4-2-8(3-5-9)10(6-11)12-7-13/h2-5,10H,1H3. The van der Waals surface area contributed by atoms with Gasteiger partial charge in [0.15, 0.2) is 6.04 Å². The number of carbonyl (C=O) groups excluding carboxylic acids is 1. The van der Waals surface area contributed by atoms with Gasteiger partial charge in [0.1, 0.15) is 5.75 Å². The van der Waals surface area contributed by atoms with E-state index in [-0.39, 0.29) is 0 Å². The first-order valence-corrected chi connectivity index (χ1v) is 3.92. The summed E-state index contributed by atoms with van der Waals surface area (Å²) < 4.78 is 4.95. The Labute approximate surface area is 81.5 Å². The predicted octanol–water partition coefficient (Wildman–Crippen LogP) is 1.60. The molecule has 0 fully saturated rings. The van der Waals surface area contributed by atoms with Crippen molar-refractivity contribution in [1.29, 1.82) is 5.26 Å². The summed E-state index contributed by atoms with van der Waals surface area (Å²) in [4.78, 5) is 13.4. The molecule has 0 saturated heterocycles. The number of rotatable bonds is 3. The summed E-state index contributed by atoms with van der Waals surface area (Å²) in [7, 11) is 1.56. The predicted molar refractivity (Wildman–Crippen MR) is 49.5 cm³/mol. The summed E-state index contributed by atoms with van der Waals surface area (Å²) in [6.45, 7) is 0. The molecule has 0 saturated carbocycles. The highest BCUT2D eigenvalue weighted by Crippen LogP contribution is 2.19. The normalized spacial score (nSPS) is 10.9. The molecule has 0 amide bonds. The third kappa shape index (κ3) is 2.19. The van der Waals surface area contributed by atoms with Crippen LogP contribution >= 0.6 is 0 Å². The second-order valence-corrected chi connectivity index (χ2v) is 2.53. The van der Waals surface area contributed by atoms with E-state index in [0.717, 1.165) is 0 Å². The lowest BCUT2D eigenvalue weighted by atomic mass is 10.1. The van der Waals surface area contributed by atoms with Gasteiger partial charge in [0, 0.05) is 0 Å². The Hall–Kier alpha value is -2.11. The molecular weight excluding hydrogens is 180 g/mol. The lowest BCUT2D eigenvalue weighted by Crippen LogP contribution is -1.91. The fourth-order valence-electron chi connectivity index (χ4n) is 1.02. The van der Waals surface area contributed by atoms with Crippen LogP contribution in [0, 0.1) is 11.3 Å². The molecule has 4 nitrogen and oxygen atoms in total. The van der Waals surface area contributed by atoms with Crippen molar-refractivity contribution in [2.75, 3.05) is 7.11 Å². The average molecular weight is 188 g/mol. The third-order valence-electron chi connectivity index (χ3n) is 1.74. The van der Waals surface area contributed by atoms with E-state index >= 15 is 0 Å². The zero-order chi connectivity index (χ0) is 10.4. The van der Waals surface area contributed by atoms with Crippen LogP contribution in [0.2, 0.25) is 0 Å². The number of hydrogen-bond acceptors (Lipinski definition) is 4. The van der Waals surface area contributed by atoms with E-state index in [2.05, 4.69) is 4.99 Å². The van der Waals surface area contributed by atoms with Crippen molar-refractivity contribution in [3.63, 3.8) is 0 Å². The minimum absolute atomic E-state index is 0.650. The van der Waals surface area contributed by atoms with Crippen LogP contribution in [0.3, 0.4) is 0 Å². The molecule has 1 unspecified atom stereocenters. The van der Waals surface area contributed by atoms with Gasteiger partial charge in [-0.3, -0.25) is 0 Å². The van der Waals surface area contributed by atoms with Crippen LogP contribution in [0.15, 0.2) is 29.3 Å². The molecular formula is C10H8N2O2. The van der Waals surface area contributed by atoms with Gasteiger partial charge in [-0.1, -0.05) is 12.1 Å². The monoisotopic (exact) mass is 188 g/mol. The Morgan fingerprint density at radius 2 is 2.07 bits per heavy atom. The molecule has 0 aromatic heterocycles. The van der Waals surface area contributed by atoms with E-state index in [9.17, 15) is 4.79 Å². The van der Waals surface area contributed by atoms with Crippen LogP contribution in [-0.4, -0.2) is 13.2 Å². The van der Waals surface area contributed by atoms with Gasteiger partial charge in [0.25, 0.3) is 0 Å². The van der Waals surface area contributed by atoms with Crippen LogP contribution in [0.25, 0.3) is 0 Å². The van der Waals surface area contributed by atoms with E-state index in [1.54, 1.807) is 31.4 Å². The summed E-state index contributed by atoms with van der Waals surface area (Å²) in [5.74, 6) is 0.695. The highest BCUT2D eigenvalue weighted by Gasteiger charge is 2.07. The molecule has 0 aliphatic heterocycles. The molecule has 1 aromatic carbocycles. The molecule has 0 radical (unpaired) electrons. The van der Waals surface area contributed by atoms with Gasteiger partial charge in [0.05, 0.1) is 13.2 Å². The number of methoxy groups -OCH3 is 1. The smallest absolute Gasteiger partial charge is 0.236 e. The minimum atomic E-state index is -0.779. The van der Waals surface area contributed by atoms with Gasteiger partial charge in [0.2, 0.25) is 6.08 Å². The van der Waals surface area contributed by atoms with Crippen LogP contribution in [-0.2, 0) is 4.79 Å². The van der Waals surface area contributed by atoms with Crippen molar-refractivity contribution >= 4 is 6.08 Å². The molecule has 0 N–H and O–H groups in total. The Morgan fingerprint density at radius 3 is 2.50 bits per heavy atom. The Balaban J connectivity index is 2.96. The van der Waals surface area contributed by atoms with Crippen molar-refractivity contribution in [3.8, 4) is 11.8 Å². The number of nitrogens with zero attached hydrogens (tertiary/aromatic N) is 2. The Morgan fingerprint density at radius 1 is 1.43 bits per heavy atom. The van der Waals surface area contributed by atoms with Gasteiger partial charge in [-0.2, -0.15) is 10.3 Å². The summed E-state index contributed by atoms with van der Waals surface area (Å²) >= 11 is 0. The number of aliphatic imine (C=N–C) groups is 1. The molecule has 0 heterocycles. The van der Waals surface area contributed by atoms with E-state index in [4.69, 9.17) is 10.00 Å². The van der Waals surface area contributed by atoms with Gasteiger partial charge < -0.3 is 4.74 Å². The summed E-state index contributed by atoms with van der Waals surface area (Å²) in [5.41, 5.74) is 0.650. The number of nitriles is 1. The number of ether oxygens (including phenoxy) is 1. The Kier molecular flexibility index (Phi) is 3.42. The first kappa shape index (κ1) is 9.97. The Bertz CT molecular complexity index is 386.